The average Bonchev–Trinajstić information content (AvgIpc) is 3.16. The van der Waals surface area contributed by atoms with E-state index in [9.17, 15) is 9.59 Å². The van der Waals surface area contributed by atoms with E-state index in [4.69, 9.17) is 20.6 Å². The van der Waals surface area contributed by atoms with E-state index in [-0.39, 0.29) is 25.7 Å². The van der Waals surface area contributed by atoms with Crippen molar-refractivity contribution in [2.24, 2.45) is 5.41 Å². The molecule has 1 rings (SSSR count). The number of hydrogen-bond donors (Lipinski definition) is 1. The first-order chi connectivity index (χ1) is 13.9. The Morgan fingerprint density at radius 1 is 1.28 bits per heavy atom. The van der Waals surface area contributed by atoms with Crippen LogP contribution in [0.25, 0.3) is 0 Å². The van der Waals surface area contributed by atoms with E-state index in [1.807, 2.05) is 6.20 Å². The summed E-state index contributed by atoms with van der Waals surface area (Å²) in [6.07, 6.45) is 13.8. The molecule has 0 bridgehead atoms. The molecular weight excluding hydrogens is 374 g/mol. The summed E-state index contributed by atoms with van der Waals surface area (Å²) in [5.41, 5.74) is -1.00. The van der Waals surface area contributed by atoms with Crippen LogP contribution in [0.5, 0.6) is 0 Å². The Bertz CT molecular complexity index is 668. The van der Waals surface area contributed by atoms with E-state index in [0.717, 1.165) is 32.4 Å². The zero-order valence-corrected chi connectivity index (χ0v) is 17.8. The summed E-state index contributed by atoms with van der Waals surface area (Å²) in [5.74, 6) is 2.13. The lowest BCUT2D eigenvalue weighted by Gasteiger charge is -2.26. The van der Waals surface area contributed by atoms with E-state index in [2.05, 4.69) is 39.8 Å². The van der Waals surface area contributed by atoms with Gasteiger partial charge in [-0.05, 0) is 13.3 Å². The number of carbonyl (C=O) groups is 2. The lowest BCUT2D eigenvalue weighted by atomic mass is 9.91. The molecule has 1 heterocycles. The average molecular weight is 409 g/mol. The molecule has 1 N–H and O–H groups in total. The lowest BCUT2D eigenvalue weighted by Crippen LogP contribution is -2.46. The Kier molecular flexibility index (Phi) is 11.5. The van der Waals surface area contributed by atoms with Crippen molar-refractivity contribution in [2.75, 3.05) is 33.5 Å². The van der Waals surface area contributed by atoms with Gasteiger partial charge in [-0.15, -0.1) is 12.3 Å². The first kappa shape index (κ1) is 24.5. The van der Waals surface area contributed by atoms with Crippen LogP contribution in [0.1, 0.15) is 39.5 Å². The highest BCUT2D eigenvalue weighted by Gasteiger charge is 2.35. The molecule has 1 aromatic heterocycles. The standard InChI is InChI=1S/C21H33N3O5/c1-5-7-11-23-13-14-24(18-23)12-9-10-22-19(25)21(3,16-27-4)17-29-20(26)28-15-8-6-2/h2,13-14,18H,5,7-12,15-17H2,1,3-4H3/p+1. The van der Waals surface area contributed by atoms with Gasteiger partial charge in [-0.2, -0.15) is 0 Å². The van der Waals surface area contributed by atoms with Crippen LogP contribution in [0, 0.1) is 17.8 Å². The van der Waals surface area contributed by atoms with Crippen molar-refractivity contribution < 1.29 is 28.4 Å². The summed E-state index contributed by atoms with van der Waals surface area (Å²) in [5, 5.41) is 2.90. The van der Waals surface area contributed by atoms with Crippen molar-refractivity contribution >= 4 is 12.1 Å². The number of aromatic nitrogens is 2. The predicted octanol–water partition coefficient (Wildman–Crippen LogP) is 1.91. The number of aryl methyl sites for hydroxylation is 2. The van der Waals surface area contributed by atoms with Crippen LogP contribution in [-0.2, 0) is 32.1 Å². The van der Waals surface area contributed by atoms with E-state index >= 15 is 0 Å². The van der Waals surface area contributed by atoms with Gasteiger partial charge in [-0.25, -0.2) is 13.9 Å². The van der Waals surface area contributed by atoms with Gasteiger partial charge in [-0.1, -0.05) is 13.3 Å². The number of ether oxygens (including phenoxy) is 3. The number of nitrogens with zero attached hydrogens (tertiary/aromatic N) is 2. The van der Waals surface area contributed by atoms with Crippen molar-refractivity contribution in [3.05, 3.63) is 18.7 Å². The zero-order valence-electron chi connectivity index (χ0n) is 17.8. The minimum Gasteiger partial charge on any atom is -0.433 e. The Labute approximate surface area is 173 Å². The largest absolute Gasteiger partial charge is 0.508 e. The Balaban J connectivity index is 2.39. The Morgan fingerprint density at radius 3 is 2.76 bits per heavy atom. The molecule has 0 saturated heterocycles. The summed E-state index contributed by atoms with van der Waals surface area (Å²) < 4.78 is 19.3. The van der Waals surface area contributed by atoms with Gasteiger partial charge in [0, 0.05) is 26.5 Å². The van der Waals surface area contributed by atoms with Gasteiger partial charge in [0.25, 0.3) is 0 Å². The van der Waals surface area contributed by atoms with Gasteiger partial charge in [0.1, 0.15) is 31.0 Å². The fourth-order valence-electron chi connectivity index (χ4n) is 2.67. The summed E-state index contributed by atoms with van der Waals surface area (Å²) in [6, 6.07) is 0. The molecule has 0 radical (unpaired) electrons. The molecule has 0 spiro atoms. The molecule has 8 heteroatoms. The van der Waals surface area contributed by atoms with Crippen LogP contribution < -0.4 is 9.88 Å². The highest BCUT2D eigenvalue weighted by atomic mass is 16.7. The van der Waals surface area contributed by atoms with Crippen LogP contribution in [-0.4, -0.2) is 50.1 Å². The first-order valence-electron chi connectivity index (χ1n) is 10.00. The number of nitrogens with one attached hydrogen (secondary N) is 1. The molecule has 29 heavy (non-hydrogen) atoms. The van der Waals surface area contributed by atoms with Crippen molar-refractivity contribution in [1.82, 2.24) is 9.88 Å². The SMILES string of the molecule is C#CCCOC(=O)OCC(C)(COC)C(=O)NCCC[n+]1ccn(CCCC)c1. The molecule has 1 amide bonds. The van der Waals surface area contributed by atoms with Crippen LogP contribution >= 0.6 is 0 Å². The van der Waals surface area contributed by atoms with Crippen LogP contribution in [0.4, 0.5) is 4.79 Å². The molecule has 8 nitrogen and oxygen atoms in total. The van der Waals surface area contributed by atoms with Gasteiger partial charge in [0.2, 0.25) is 12.2 Å². The van der Waals surface area contributed by atoms with Gasteiger partial charge < -0.3 is 19.5 Å². The summed E-state index contributed by atoms with van der Waals surface area (Å²) in [6.45, 7) is 6.24. The monoisotopic (exact) mass is 408 g/mol. The van der Waals surface area contributed by atoms with E-state index in [1.165, 1.54) is 7.11 Å². The van der Waals surface area contributed by atoms with E-state index < -0.39 is 11.6 Å². The Morgan fingerprint density at radius 2 is 2.07 bits per heavy atom. The van der Waals surface area contributed by atoms with Crippen LogP contribution in [0.3, 0.4) is 0 Å². The number of methoxy groups -OCH3 is 1. The second-order valence-electron chi connectivity index (χ2n) is 7.19. The highest BCUT2D eigenvalue weighted by Crippen LogP contribution is 2.18. The third-order valence-electron chi connectivity index (χ3n) is 4.38. The second kappa shape index (κ2) is 13.6. The fraction of sp³-hybridized carbons (Fsp3) is 0.667. The van der Waals surface area contributed by atoms with E-state index in [1.54, 1.807) is 6.92 Å². The molecule has 0 fully saturated rings. The van der Waals surface area contributed by atoms with Crippen LogP contribution in [0.15, 0.2) is 18.7 Å². The molecule has 0 aliphatic carbocycles. The number of carbonyl (C=O) groups excluding carboxylic acids is 2. The third-order valence-corrected chi connectivity index (χ3v) is 4.38. The molecule has 162 valence electrons. The maximum Gasteiger partial charge on any atom is 0.508 e. The molecule has 0 saturated carbocycles. The number of imidazole rings is 1. The second-order valence-corrected chi connectivity index (χ2v) is 7.19. The quantitative estimate of drug-likeness (QED) is 0.220. The minimum atomic E-state index is -1.00. The Hall–Kier alpha value is -2.53. The topological polar surface area (TPSA) is 82.7 Å². The highest BCUT2D eigenvalue weighted by molar-refractivity contribution is 5.82. The lowest BCUT2D eigenvalue weighted by molar-refractivity contribution is -0.696. The number of hydrogen-bond acceptors (Lipinski definition) is 5. The third kappa shape index (κ3) is 9.48. The van der Waals surface area contributed by atoms with E-state index in [0.29, 0.717) is 13.0 Å². The molecule has 0 aromatic carbocycles. The molecule has 0 aliphatic rings. The van der Waals surface area contributed by atoms with Crippen LogP contribution in [0.2, 0.25) is 0 Å². The van der Waals surface area contributed by atoms with Crippen molar-refractivity contribution in [1.29, 1.82) is 0 Å². The molecule has 1 atom stereocenters. The maximum atomic E-state index is 12.6. The fourth-order valence-corrected chi connectivity index (χ4v) is 2.67. The summed E-state index contributed by atoms with van der Waals surface area (Å²) in [4.78, 5) is 24.2. The van der Waals surface area contributed by atoms with Gasteiger partial charge in [-0.3, -0.25) is 4.79 Å². The van der Waals surface area contributed by atoms with Crippen molar-refractivity contribution in [3.8, 4) is 12.3 Å². The minimum absolute atomic E-state index is 0.0837. The summed E-state index contributed by atoms with van der Waals surface area (Å²) in [7, 11) is 1.50. The predicted molar refractivity (Wildman–Crippen MR) is 108 cm³/mol. The zero-order chi connectivity index (χ0) is 21.5. The smallest absolute Gasteiger partial charge is 0.433 e. The van der Waals surface area contributed by atoms with Gasteiger partial charge in [0.05, 0.1) is 19.7 Å². The molecule has 1 unspecified atom stereocenters. The van der Waals surface area contributed by atoms with Crippen molar-refractivity contribution in [2.45, 2.75) is 52.6 Å². The molecule has 0 aliphatic heterocycles. The number of rotatable bonds is 14. The van der Waals surface area contributed by atoms with Gasteiger partial charge in [0.15, 0.2) is 0 Å². The molecular formula is C21H34N3O5+. The number of terminal acetylenes is 1. The first-order valence-corrected chi connectivity index (χ1v) is 10.00. The van der Waals surface area contributed by atoms with Crippen molar-refractivity contribution in [3.63, 3.8) is 0 Å². The normalized spacial score (nSPS) is 12.6. The molecule has 1 aromatic rings. The number of unbranched alkanes of at least 4 members (excludes halogenated alkanes) is 1. The summed E-state index contributed by atoms with van der Waals surface area (Å²) >= 11 is 0. The van der Waals surface area contributed by atoms with Gasteiger partial charge >= 0.3 is 6.16 Å². The number of amides is 1. The maximum absolute atomic E-state index is 12.6.